The lowest BCUT2D eigenvalue weighted by atomic mass is 10.1. The second kappa shape index (κ2) is 15.0. The summed E-state index contributed by atoms with van der Waals surface area (Å²) in [5.74, 6) is -0.479. The highest BCUT2D eigenvalue weighted by Gasteiger charge is 2.17. The molecule has 0 rings (SSSR count). The van der Waals surface area contributed by atoms with Crippen LogP contribution in [0.5, 0.6) is 0 Å². The van der Waals surface area contributed by atoms with Crippen LogP contribution in [0, 0.1) is 0 Å². The van der Waals surface area contributed by atoms with Crippen LogP contribution in [0.4, 0.5) is 0 Å². The molecule has 0 radical (unpaired) electrons. The molecule has 4 nitrogen and oxygen atoms in total. The van der Waals surface area contributed by atoms with Gasteiger partial charge in [0.25, 0.3) is 0 Å². The van der Waals surface area contributed by atoms with Crippen molar-refractivity contribution in [3.63, 3.8) is 0 Å². The minimum Gasteiger partial charge on any atom is -0.463 e. The van der Waals surface area contributed by atoms with Crippen molar-refractivity contribution < 1.29 is 19.0 Å². The maximum Gasteiger partial charge on any atom is 0.330 e. The standard InChI is InChI=1S/C18H35O4P/c1-3-5-6-7-8-9-10-11-12-13-16-23(20,21)17-14-15-22-18(19)4-2/h4H,2-3,5-17H2,1H3,(H,20,21). The predicted octanol–water partition coefficient (Wildman–Crippen LogP) is 5.30. The summed E-state index contributed by atoms with van der Waals surface area (Å²) >= 11 is 0. The molecule has 136 valence electrons. The first-order valence-corrected chi connectivity index (χ1v) is 11.1. The number of carbonyl (C=O) groups excluding carboxylic acids is 1. The van der Waals surface area contributed by atoms with Gasteiger partial charge in [0.2, 0.25) is 7.37 Å². The third-order valence-electron chi connectivity index (χ3n) is 3.92. The first kappa shape index (κ1) is 22.4. The highest BCUT2D eigenvalue weighted by Crippen LogP contribution is 2.42. The van der Waals surface area contributed by atoms with E-state index in [1.807, 2.05) is 0 Å². The molecule has 0 aliphatic rings. The van der Waals surface area contributed by atoms with Crippen molar-refractivity contribution >= 4 is 13.3 Å². The van der Waals surface area contributed by atoms with Crippen molar-refractivity contribution in [1.29, 1.82) is 0 Å². The number of carbonyl (C=O) groups is 1. The Morgan fingerprint density at radius 3 is 1.96 bits per heavy atom. The average molecular weight is 346 g/mol. The second-order valence-corrected chi connectivity index (χ2v) is 8.79. The fourth-order valence-electron chi connectivity index (χ4n) is 2.50. The summed E-state index contributed by atoms with van der Waals surface area (Å²) < 4.78 is 16.8. The van der Waals surface area contributed by atoms with Gasteiger partial charge in [-0.2, -0.15) is 0 Å². The Morgan fingerprint density at radius 2 is 1.43 bits per heavy atom. The number of rotatable bonds is 16. The maximum absolute atomic E-state index is 12.0. The quantitative estimate of drug-likeness (QED) is 0.178. The second-order valence-electron chi connectivity index (χ2n) is 6.20. The topological polar surface area (TPSA) is 63.6 Å². The highest BCUT2D eigenvalue weighted by molar-refractivity contribution is 7.57. The molecule has 0 amide bonds. The molecule has 0 aromatic carbocycles. The van der Waals surface area contributed by atoms with Gasteiger partial charge in [-0.25, -0.2) is 4.79 Å². The lowest BCUT2D eigenvalue weighted by Gasteiger charge is -2.11. The Bertz CT molecular complexity index is 355. The largest absolute Gasteiger partial charge is 0.463 e. The SMILES string of the molecule is C=CC(=O)OCCCP(=O)(O)CCCCCCCCCCCC. The van der Waals surface area contributed by atoms with E-state index >= 15 is 0 Å². The third-order valence-corrected chi connectivity index (χ3v) is 5.95. The van der Waals surface area contributed by atoms with Crippen LogP contribution in [0.25, 0.3) is 0 Å². The van der Waals surface area contributed by atoms with Crippen LogP contribution in [0.15, 0.2) is 12.7 Å². The van der Waals surface area contributed by atoms with Crippen molar-refractivity contribution in [1.82, 2.24) is 0 Å². The minimum absolute atomic E-state index is 0.188. The molecule has 0 fully saturated rings. The molecule has 0 aromatic heterocycles. The zero-order chi connectivity index (χ0) is 17.4. The highest BCUT2D eigenvalue weighted by atomic mass is 31.2. The van der Waals surface area contributed by atoms with E-state index in [0.717, 1.165) is 25.3 Å². The fraction of sp³-hybridized carbons (Fsp3) is 0.833. The van der Waals surface area contributed by atoms with Crippen LogP contribution in [-0.4, -0.2) is 29.8 Å². The average Bonchev–Trinajstić information content (AvgIpc) is 2.53. The van der Waals surface area contributed by atoms with E-state index < -0.39 is 13.3 Å². The first-order valence-electron chi connectivity index (χ1n) is 9.12. The summed E-state index contributed by atoms with van der Waals surface area (Å²) in [5.41, 5.74) is 0. The molecule has 1 unspecified atom stereocenters. The van der Waals surface area contributed by atoms with Gasteiger partial charge in [-0.3, -0.25) is 4.57 Å². The van der Waals surface area contributed by atoms with E-state index in [1.54, 1.807) is 0 Å². The Hall–Kier alpha value is -0.600. The molecular weight excluding hydrogens is 311 g/mol. The molecule has 5 heteroatoms. The predicted molar refractivity (Wildman–Crippen MR) is 97.2 cm³/mol. The number of hydrogen-bond donors (Lipinski definition) is 1. The summed E-state index contributed by atoms with van der Waals surface area (Å²) in [6.07, 6.45) is 14.3. The van der Waals surface area contributed by atoms with E-state index in [9.17, 15) is 14.3 Å². The smallest absolute Gasteiger partial charge is 0.330 e. The van der Waals surface area contributed by atoms with Crippen LogP contribution in [0.3, 0.4) is 0 Å². The van der Waals surface area contributed by atoms with Gasteiger partial charge in [-0.05, 0) is 12.8 Å². The van der Waals surface area contributed by atoms with Crippen LogP contribution in [0.1, 0.15) is 77.6 Å². The van der Waals surface area contributed by atoms with Crippen molar-refractivity contribution in [2.45, 2.75) is 77.6 Å². The molecule has 1 N–H and O–H groups in total. The zero-order valence-electron chi connectivity index (χ0n) is 14.8. The molecule has 0 saturated heterocycles. The van der Waals surface area contributed by atoms with Gasteiger partial charge in [0.05, 0.1) is 6.61 Å². The summed E-state index contributed by atoms with van der Waals surface area (Å²) in [5, 5.41) is 0. The number of esters is 1. The van der Waals surface area contributed by atoms with Crippen molar-refractivity contribution in [2.75, 3.05) is 18.9 Å². The van der Waals surface area contributed by atoms with Gasteiger partial charge in [0.1, 0.15) is 0 Å². The van der Waals surface area contributed by atoms with E-state index in [-0.39, 0.29) is 12.8 Å². The number of hydrogen-bond acceptors (Lipinski definition) is 3. The van der Waals surface area contributed by atoms with E-state index in [0.29, 0.717) is 12.6 Å². The lowest BCUT2D eigenvalue weighted by Crippen LogP contribution is -2.04. The Labute approximate surface area is 142 Å². The molecule has 0 heterocycles. The Kier molecular flexibility index (Phi) is 14.6. The van der Waals surface area contributed by atoms with Crippen molar-refractivity contribution in [3.8, 4) is 0 Å². The molecule has 0 saturated carbocycles. The molecule has 1 atom stereocenters. The summed E-state index contributed by atoms with van der Waals surface area (Å²) in [7, 11) is -3.05. The van der Waals surface area contributed by atoms with E-state index in [1.165, 1.54) is 44.9 Å². The van der Waals surface area contributed by atoms with Crippen LogP contribution in [-0.2, 0) is 14.1 Å². The van der Waals surface area contributed by atoms with Crippen molar-refractivity contribution in [2.24, 2.45) is 0 Å². The minimum atomic E-state index is -3.05. The molecule has 0 bridgehead atoms. The van der Waals surface area contributed by atoms with Gasteiger partial charge >= 0.3 is 5.97 Å². The lowest BCUT2D eigenvalue weighted by molar-refractivity contribution is -0.137. The molecule has 23 heavy (non-hydrogen) atoms. The van der Waals surface area contributed by atoms with Crippen molar-refractivity contribution in [3.05, 3.63) is 12.7 Å². The van der Waals surface area contributed by atoms with Gasteiger partial charge in [0.15, 0.2) is 0 Å². The van der Waals surface area contributed by atoms with E-state index in [2.05, 4.69) is 13.5 Å². The zero-order valence-corrected chi connectivity index (χ0v) is 15.7. The molecule has 0 spiro atoms. The number of unbranched alkanes of at least 4 members (excludes halogenated alkanes) is 9. The summed E-state index contributed by atoms with van der Waals surface area (Å²) in [4.78, 5) is 20.7. The van der Waals surface area contributed by atoms with Gasteiger partial charge in [-0.15, -0.1) is 0 Å². The third kappa shape index (κ3) is 16.1. The monoisotopic (exact) mass is 346 g/mol. The summed E-state index contributed by atoms with van der Waals surface area (Å²) in [6, 6.07) is 0. The molecular formula is C18H35O4P. The van der Waals surface area contributed by atoms with Gasteiger partial charge < -0.3 is 9.63 Å². The molecule has 0 aliphatic heterocycles. The van der Waals surface area contributed by atoms with Gasteiger partial charge in [-0.1, -0.05) is 71.3 Å². The van der Waals surface area contributed by atoms with Gasteiger partial charge in [0, 0.05) is 18.4 Å². The maximum atomic E-state index is 12.0. The van der Waals surface area contributed by atoms with E-state index in [4.69, 9.17) is 4.74 Å². The first-order chi connectivity index (χ1) is 11.0. The Balaban J connectivity index is 3.43. The fourth-order valence-corrected chi connectivity index (χ4v) is 4.07. The number of ether oxygens (including phenoxy) is 1. The Morgan fingerprint density at radius 1 is 0.957 bits per heavy atom. The normalized spacial score (nSPS) is 13.5. The van der Waals surface area contributed by atoms with Crippen LogP contribution in [0.2, 0.25) is 0 Å². The molecule has 0 aromatic rings. The van der Waals surface area contributed by atoms with Crippen LogP contribution < -0.4 is 0 Å². The van der Waals surface area contributed by atoms with Crippen LogP contribution >= 0.6 is 7.37 Å². The summed E-state index contributed by atoms with van der Waals surface area (Å²) in [6.45, 7) is 5.72. The molecule has 0 aliphatic carbocycles.